The maximum Gasteiger partial charge on any atom is 0.420 e. The zero-order chi connectivity index (χ0) is 25.2. The van der Waals surface area contributed by atoms with Gasteiger partial charge in [0.2, 0.25) is 0 Å². The molecule has 3 aromatic rings. The summed E-state index contributed by atoms with van der Waals surface area (Å²) in [6, 6.07) is 12.0. The molecule has 35 heavy (non-hydrogen) atoms. The highest BCUT2D eigenvalue weighted by Gasteiger charge is 2.36. The van der Waals surface area contributed by atoms with Crippen LogP contribution in [0.15, 0.2) is 65.8 Å². The number of alkyl halides is 3. The van der Waals surface area contributed by atoms with E-state index >= 15 is 0 Å². The Morgan fingerprint density at radius 1 is 1.06 bits per heavy atom. The molecule has 0 atom stereocenters. The molecule has 1 N–H and O–H groups in total. The summed E-state index contributed by atoms with van der Waals surface area (Å²) >= 11 is 0.760. The van der Waals surface area contributed by atoms with Crippen LogP contribution < -0.4 is 4.74 Å². The first kappa shape index (κ1) is 24.0. The summed E-state index contributed by atoms with van der Waals surface area (Å²) in [6.45, 7) is 0.640. The standard InChI is InChI=1S/C24H16F3N3O4S/c25-24(26,27)17-11-16(14-28)4-5-19(17)34-20-6-3-15(12-18(20)31)13-21-22(32)30(23(33)35-21)10-9-29-7-1-2-8-29/h1-8,11-13,31H,9-10H2/b21-13-. The third kappa shape index (κ3) is 5.33. The van der Waals surface area contributed by atoms with Crippen molar-refractivity contribution in [3.05, 3.63) is 82.5 Å². The number of phenolic OH excluding ortho intramolecular Hbond substituents is 1. The average molecular weight is 499 g/mol. The molecule has 2 aromatic carbocycles. The van der Waals surface area contributed by atoms with Crippen LogP contribution in [0.25, 0.3) is 6.08 Å². The van der Waals surface area contributed by atoms with Crippen LogP contribution in [0.1, 0.15) is 16.7 Å². The number of hydrogen-bond donors (Lipinski definition) is 1. The summed E-state index contributed by atoms with van der Waals surface area (Å²) < 4.78 is 47.2. The molecule has 0 unspecified atom stereocenters. The van der Waals surface area contributed by atoms with E-state index in [0.717, 1.165) is 22.7 Å². The van der Waals surface area contributed by atoms with Crippen molar-refractivity contribution in [1.82, 2.24) is 9.47 Å². The second-order valence-electron chi connectivity index (χ2n) is 7.40. The van der Waals surface area contributed by atoms with Crippen molar-refractivity contribution in [2.75, 3.05) is 6.54 Å². The van der Waals surface area contributed by atoms with Crippen molar-refractivity contribution >= 4 is 29.0 Å². The number of carbonyl (C=O) groups excluding carboxylic acids is 2. The van der Waals surface area contributed by atoms with E-state index in [2.05, 4.69) is 0 Å². The number of hydrogen-bond acceptors (Lipinski definition) is 6. The Hall–Kier alpha value is -4.17. The van der Waals surface area contributed by atoms with Crippen molar-refractivity contribution < 1.29 is 32.6 Å². The molecule has 2 amide bonds. The molecule has 1 aliphatic rings. The van der Waals surface area contributed by atoms with E-state index in [1.807, 2.05) is 29.1 Å². The monoisotopic (exact) mass is 499 g/mol. The molecule has 2 heterocycles. The molecular weight excluding hydrogens is 483 g/mol. The van der Waals surface area contributed by atoms with Crippen LogP contribution in [0.5, 0.6) is 17.2 Å². The third-order valence-electron chi connectivity index (χ3n) is 5.04. The van der Waals surface area contributed by atoms with Crippen LogP contribution in [0.2, 0.25) is 0 Å². The van der Waals surface area contributed by atoms with Gasteiger partial charge in [-0.05, 0) is 65.9 Å². The Kier molecular flexibility index (Phi) is 6.57. The number of imide groups is 1. The molecule has 7 nitrogen and oxygen atoms in total. The van der Waals surface area contributed by atoms with Gasteiger partial charge in [-0.25, -0.2) is 0 Å². The lowest BCUT2D eigenvalue weighted by molar-refractivity contribution is -0.138. The van der Waals surface area contributed by atoms with Gasteiger partial charge in [-0.1, -0.05) is 6.07 Å². The molecule has 1 fully saturated rings. The lowest BCUT2D eigenvalue weighted by Crippen LogP contribution is -2.31. The van der Waals surface area contributed by atoms with E-state index in [1.165, 1.54) is 30.3 Å². The molecule has 1 aliphatic heterocycles. The smallest absolute Gasteiger partial charge is 0.420 e. The molecule has 1 aromatic heterocycles. The minimum absolute atomic E-state index is 0.155. The molecule has 178 valence electrons. The van der Waals surface area contributed by atoms with E-state index in [4.69, 9.17) is 10.00 Å². The number of ether oxygens (including phenoxy) is 1. The molecule has 0 spiro atoms. The summed E-state index contributed by atoms with van der Waals surface area (Å²) in [5.74, 6) is -1.78. The minimum atomic E-state index is -4.78. The largest absolute Gasteiger partial charge is 0.504 e. The number of benzene rings is 2. The fourth-order valence-corrected chi connectivity index (χ4v) is 4.18. The Bertz CT molecular complexity index is 1360. The van der Waals surface area contributed by atoms with Gasteiger partial charge in [-0.3, -0.25) is 14.5 Å². The van der Waals surface area contributed by atoms with Crippen molar-refractivity contribution in [2.45, 2.75) is 12.7 Å². The number of thioether (sulfide) groups is 1. The minimum Gasteiger partial charge on any atom is -0.504 e. The molecule has 1 saturated heterocycles. The van der Waals surface area contributed by atoms with Gasteiger partial charge >= 0.3 is 6.18 Å². The molecule has 0 aliphatic carbocycles. The highest BCUT2D eigenvalue weighted by atomic mass is 32.2. The van der Waals surface area contributed by atoms with Crippen LogP contribution >= 0.6 is 11.8 Å². The van der Waals surface area contributed by atoms with Gasteiger partial charge in [0.1, 0.15) is 5.75 Å². The fourth-order valence-electron chi connectivity index (χ4n) is 3.32. The molecule has 0 saturated carbocycles. The van der Waals surface area contributed by atoms with E-state index < -0.39 is 34.4 Å². The van der Waals surface area contributed by atoms with Gasteiger partial charge in [0.05, 0.1) is 22.1 Å². The maximum absolute atomic E-state index is 13.4. The van der Waals surface area contributed by atoms with Crippen LogP contribution in [-0.4, -0.2) is 32.3 Å². The number of amides is 2. The number of aromatic hydroxyl groups is 1. The fraction of sp³-hybridized carbons (Fsp3) is 0.125. The quantitative estimate of drug-likeness (QED) is 0.443. The summed E-state index contributed by atoms with van der Waals surface area (Å²) in [6.07, 6.45) is 0.267. The van der Waals surface area contributed by atoms with Gasteiger partial charge in [0.25, 0.3) is 11.1 Å². The normalized spacial score (nSPS) is 15.0. The number of rotatable bonds is 6. The summed E-state index contributed by atoms with van der Waals surface area (Å²) in [7, 11) is 0. The lowest BCUT2D eigenvalue weighted by atomic mass is 10.1. The van der Waals surface area contributed by atoms with Gasteiger partial charge in [-0.15, -0.1) is 0 Å². The Labute approximate surface area is 201 Å². The summed E-state index contributed by atoms with van der Waals surface area (Å²) in [5.41, 5.74) is -0.998. The topological polar surface area (TPSA) is 95.6 Å². The van der Waals surface area contributed by atoms with Gasteiger partial charge in [0, 0.05) is 25.5 Å². The van der Waals surface area contributed by atoms with E-state index in [-0.39, 0.29) is 22.8 Å². The number of aromatic nitrogens is 1. The van der Waals surface area contributed by atoms with E-state index in [9.17, 15) is 27.9 Å². The molecule has 4 rings (SSSR count). The van der Waals surface area contributed by atoms with Crippen LogP contribution in [0.3, 0.4) is 0 Å². The zero-order valence-electron chi connectivity index (χ0n) is 17.8. The van der Waals surface area contributed by atoms with Gasteiger partial charge in [0.15, 0.2) is 11.5 Å². The summed E-state index contributed by atoms with van der Waals surface area (Å²) in [5, 5.41) is 18.8. The van der Waals surface area contributed by atoms with Gasteiger partial charge in [-0.2, -0.15) is 18.4 Å². The van der Waals surface area contributed by atoms with E-state index in [0.29, 0.717) is 18.2 Å². The maximum atomic E-state index is 13.4. The van der Waals surface area contributed by atoms with Crippen molar-refractivity contribution in [3.8, 4) is 23.3 Å². The van der Waals surface area contributed by atoms with Crippen molar-refractivity contribution in [1.29, 1.82) is 5.26 Å². The Morgan fingerprint density at radius 2 is 1.77 bits per heavy atom. The number of nitriles is 1. The highest BCUT2D eigenvalue weighted by Crippen LogP contribution is 2.41. The number of halogens is 3. The Balaban J connectivity index is 1.52. The average Bonchev–Trinajstić information content (AvgIpc) is 3.42. The first-order valence-corrected chi connectivity index (χ1v) is 11.0. The predicted molar refractivity (Wildman–Crippen MR) is 121 cm³/mol. The second kappa shape index (κ2) is 9.60. The number of carbonyl (C=O) groups is 2. The second-order valence-corrected chi connectivity index (χ2v) is 8.40. The van der Waals surface area contributed by atoms with Crippen LogP contribution in [0.4, 0.5) is 18.0 Å². The first-order valence-electron chi connectivity index (χ1n) is 10.1. The highest BCUT2D eigenvalue weighted by molar-refractivity contribution is 8.18. The van der Waals surface area contributed by atoms with Crippen LogP contribution in [0, 0.1) is 11.3 Å². The molecule has 11 heteroatoms. The zero-order valence-corrected chi connectivity index (χ0v) is 18.6. The molecular formula is C24H16F3N3O4S. The lowest BCUT2D eigenvalue weighted by Gasteiger charge is -2.15. The van der Waals surface area contributed by atoms with Gasteiger partial charge < -0.3 is 14.4 Å². The van der Waals surface area contributed by atoms with Crippen LogP contribution in [-0.2, 0) is 17.5 Å². The van der Waals surface area contributed by atoms with Crippen molar-refractivity contribution in [3.63, 3.8) is 0 Å². The predicted octanol–water partition coefficient (Wildman–Crippen LogP) is 5.61. The SMILES string of the molecule is N#Cc1ccc(Oc2ccc(/C=C3\SC(=O)N(CCn4cccc4)C3=O)cc2O)c(C(F)(F)F)c1. The first-order chi connectivity index (χ1) is 16.7. The van der Waals surface area contributed by atoms with E-state index in [1.54, 1.807) is 6.07 Å². The number of nitrogens with zero attached hydrogens (tertiary/aromatic N) is 3. The van der Waals surface area contributed by atoms with Crippen molar-refractivity contribution in [2.24, 2.45) is 0 Å². The summed E-state index contributed by atoms with van der Waals surface area (Å²) in [4.78, 5) is 26.2. The number of phenols is 1. The third-order valence-corrected chi connectivity index (χ3v) is 5.94. The molecule has 0 radical (unpaired) electrons. The molecule has 0 bridgehead atoms. The Morgan fingerprint density at radius 3 is 2.43 bits per heavy atom.